The third kappa shape index (κ3) is 6.97. The highest BCUT2D eigenvalue weighted by atomic mass is 32.3. The van der Waals surface area contributed by atoms with Crippen LogP contribution in [0.1, 0.15) is 0 Å². The normalized spacial score (nSPS) is 10.6. The van der Waals surface area contributed by atoms with Crippen LogP contribution in [-0.4, -0.2) is 25.6 Å². The lowest BCUT2D eigenvalue weighted by Gasteiger charge is -1.98. The summed E-state index contributed by atoms with van der Waals surface area (Å²) in [5.41, 5.74) is 0. The zero-order chi connectivity index (χ0) is 8.91. The van der Waals surface area contributed by atoms with Crippen LogP contribution < -0.4 is 5.32 Å². The van der Waals surface area contributed by atoms with Gasteiger partial charge in [-0.25, -0.2) is 4.18 Å². The highest BCUT2D eigenvalue weighted by Gasteiger charge is 2.03. The second-order valence-corrected chi connectivity index (χ2v) is 2.53. The van der Waals surface area contributed by atoms with E-state index < -0.39 is 23.0 Å². The molecule has 0 radical (unpaired) electrons. The lowest BCUT2D eigenvalue weighted by Crippen LogP contribution is -2.25. The van der Waals surface area contributed by atoms with Crippen molar-refractivity contribution in [3.63, 3.8) is 0 Å². The molecule has 0 aromatic carbocycles. The van der Waals surface area contributed by atoms with E-state index in [1.807, 2.05) is 5.32 Å². The van der Waals surface area contributed by atoms with E-state index in [-0.39, 0.29) is 0 Å². The fourth-order valence-electron chi connectivity index (χ4n) is 0.247. The zero-order valence-corrected chi connectivity index (χ0v) is 6.30. The molecule has 0 aliphatic heterocycles. The molecule has 0 rings (SSSR count). The Balaban J connectivity index is 3.59. The molecule has 0 aromatic heterocycles. The molecule has 0 spiro atoms. The van der Waals surface area contributed by atoms with E-state index in [4.69, 9.17) is 4.55 Å². The van der Waals surface area contributed by atoms with Crippen molar-refractivity contribution in [1.29, 1.82) is 0 Å². The first-order valence-electron chi connectivity index (χ1n) is 2.48. The third-order valence-corrected chi connectivity index (χ3v) is 1.06. The quantitative estimate of drug-likeness (QED) is 0.332. The van der Waals surface area contributed by atoms with E-state index in [0.29, 0.717) is 0 Å². The van der Waals surface area contributed by atoms with Gasteiger partial charge in [-0.05, 0) is 6.08 Å². The number of nitrogens with one attached hydrogen (secondary N) is 1. The Hall–Kier alpha value is -0.920. The first-order valence-corrected chi connectivity index (χ1v) is 3.84. The van der Waals surface area contributed by atoms with Crippen molar-refractivity contribution >= 4 is 16.3 Å². The smallest absolute Gasteiger partial charge is 0.328 e. The van der Waals surface area contributed by atoms with Crippen molar-refractivity contribution in [2.24, 2.45) is 0 Å². The summed E-state index contributed by atoms with van der Waals surface area (Å²) in [6.45, 7) is 2.49. The highest BCUT2D eigenvalue weighted by Crippen LogP contribution is 1.81. The van der Waals surface area contributed by atoms with Crippen LogP contribution in [0.2, 0.25) is 0 Å². The van der Waals surface area contributed by atoms with Gasteiger partial charge >= 0.3 is 10.4 Å². The maximum Gasteiger partial charge on any atom is 0.399 e. The van der Waals surface area contributed by atoms with Gasteiger partial charge in [-0.2, -0.15) is 8.42 Å². The maximum atomic E-state index is 10.3. The summed E-state index contributed by atoms with van der Waals surface area (Å²) in [5.74, 6) is -0.589. The number of carbonyl (C=O) groups excluding carboxylic acids is 1. The fraction of sp³-hybridized carbons (Fsp3) is 0.250. The van der Waals surface area contributed by atoms with E-state index in [0.717, 1.165) is 6.08 Å². The Labute approximate surface area is 63.8 Å². The average molecular weight is 181 g/mol. The Morgan fingerprint density at radius 1 is 1.73 bits per heavy atom. The van der Waals surface area contributed by atoms with Crippen LogP contribution >= 0.6 is 0 Å². The van der Waals surface area contributed by atoms with Crippen molar-refractivity contribution in [1.82, 2.24) is 5.32 Å². The van der Waals surface area contributed by atoms with Gasteiger partial charge < -0.3 is 5.32 Å². The van der Waals surface area contributed by atoms with E-state index in [1.165, 1.54) is 0 Å². The van der Waals surface area contributed by atoms with Gasteiger partial charge in [0, 0.05) is 0 Å². The van der Waals surface area contributed by atoms with Crippen LogP contribution in [-0.2, 0) is 19.4 Å². The number of carbonyl (C=O) groups is 1. The lowest BCUT2D eigenvalue weighted by atomic mass is 10.6. The summed E-state index contributed by atoms with van der Waals surface area (Å²) in [4.78, 5) is 10.3. The van der Waals surface area contributed by atoms with E-state index >= 15 is 0 Å². The molecule has 0 saturated heterocycles. The summed E-state index contributed by atoms with van der Waals surface area (Å²) in [6, 6.07) is 0. The summed E-state index contributed by atoms with van der Waals surface area (Å²) >= 11 is 0. The van der Waals surface area contributed by atoms with Gasteiger partial charge in [0.25, 0.3) is 0 Å². The molecule has 0 aliphatic carbocycles. The molecule has 0 heterocycles. The Kier molecular flexibility index (Phi) is 3.72. The molecule has 0 bridgehead atoms. The minimum Gasteiger partial charge on any atom is -0.328 e. The number of rotatable bonds is 4. The molecule has 0 saturated carbocycles. The van der Waals surface area contributed by atoms with Crippen molar-refractivity contribution in [2.45, 2.75) is 0 Å². The van der Waals surface area contributed by atoms with Gasteiger partial charge in [0.2, 0.25) is 5.91 Å². The SMILES string of the molecule is C=CC(=O)NCOS(=O)(=O)O. The van der Waals surface area contributed by atoms with E-state index in [2.05, 4.69) is 10.8 Å². The van der Waals surface area contributed by atoms with Gasteiger partial charge in [-0.15, -0.1) is 0 Å². The number of amides is 1. The molecule has 6 nitrogen and oxygen atoms in total. The standard InChI is InChI=1S/C4H7NO5S/c1-2-4(6)5-3-10-11(7,8)9/h2H,1,3H2,(H,5,6)(H,7,8,9). The van der Waals surface area contributed by atoms with Gasteiger partial charge in [-0.3, -0.25) is 9.35 Å². The molecule has 0 unspecified atom stereocenters. The fourth-order valence-corrected chi connectivity index (χ4v) is 0.455. The molecule has 11 heavy (non-hydrogen) atoms. The topological polar surface area (TPSA) is 92.7 Å². The molecular formula is C4H7NO5S. The van der Waals surface area contributed by atoms with Crippen LogP contribution in [0.25, 0.3) is 0 Å². The monoisotopic (exact) mass is 181 g/mol. The Bertz CT molecular complexity index is 243. The summed E-state index contributed by atoms with van der Waals surface area (Å²) in [5, 5.41) is 1.97. The molecule has 7 heteroatoms. The first-order chi connectivity index (χ1) is 4.95. The van der Waals surface area contributed by atoms with Gasteiger partial charge in [0.05, 0.1) is 0 Å². The second kappa shape index (κ2) is 4.06. The Morgan fingerprint density at radius 3 is 2.64 bits per heavy atom. The predicted octanol–water partition coefficient (Wildman–Crippen LogP) is -0.934. The third-order valence-electron chi connectivity index (χ3n) is 0.640. The minimum atomic E-state index is -4.48. The average Bonchev–Trinajstić information content (AvgIpc) is 1.85. The largest absolute Gasteiger partial charge is 0.399 e. The summed E-state index contributed by atoms with van der Waals surface area (Å²) in [6.07, 6.45) is 0.938. The van der Waals surface area contributed by atoms with Crippen molar-refractivity contribution in [3.05, 3.63) is 12.7 Å². The molecule has 0 fully saturated rings. The van der Waals surface area contributed by atoms with Crippen LogP contribution in [0.5, 0.6) is 0 Å². The number of hydrogen-bond donors (Lipinski definition) is 2. The van der Waals surface area contributed by atoms with Crippen molar-refractivity contribution in [3.8, 4) is 0 Å². The lowest BCUT2D eigenvalue weighted by molar-refractivity contribution is -0.117. The van der Waals surface area contributed by atoms with Crippen LogP contribution in [0, 0.1) is 0 Å². The molecule has 1 amide bonds. The molecule has 0 aromatic rings. The predicted molar refractivity (Wildman–Crippen MR) is 35.8 cm³/mol. The van der Waals surface area contributed by atoms with Gasteiger partial charge in [0.15, 0.2) is 0 Å². The molecule has 0 aliphatic rings. The molecule has 64 valence electrons. The molecular weight excluding hydrogens is 174 g/mol. The molecule has 2 N–H and O–H groups in total. The second-order valence-electron chi connectivity index (χ2n) is 1.44. The van der Waals surface area contributed by atoms with Crippen LogP contribution in [0.3, 0.4) is 0 Å². The number of hydrogen-bond acceptors (Lipinski definition) is 4. The first kappa shape index (κ1) is 10.1. The summed E-state index contributed by atoms with van der Waals surface area (Å²) in [7, 11) is -4.48. The maximum absolute atomic E-state index is 10.3. The van der Waals surface area contributed by atoms with E-state index in [1.54, 1.807) is 0 Å². The minimum absolute atomic E-state index is 0.589. The van der Waals surface area contributed by atoms with Crippen LogP contribution in [0.4, 0.5) is 0 Å². The van der Waals surface area contributed by atoms with Gasteiger partial charge in [-0.1, -0.05) is 6.58 Å². The molecule has 0 atom stereocenters. The zero-order valence-electron chi connectivity index (χ0n) is 5.48. The Morgan fingerprint density at radius 2 is 2.27 bits per heavy atom. The van der Waals surface area contributed by atoms with E-state index in [9.17, 15) is 13.2 Å². The van der Waals surface area contributed by atoms with Crippen LogP contribution in [0.15, 0.2) is 12.7 Å². The summed E-state index contributed by atoms with van der Waals surface area (Å²) < 4.78 is 31.4. The van der Waals surface area contributed by atoms with Crippen molar-refractivity contribution < 1.29 is 21.9 Å². The highest BCUT2D eigenvalue weighted by molar-refractivity contribution is 7.80. The van der Waals surface area contributed by atoms with Crippen molar-refractivity contribution in [2.75, 3.05) is 6.73 Å². The van der Waals surface area contributed by atoms with Gasteiger partial charge in [0.1, 0.15) is 6.73 Å².